The quantitative estimate of drug-likeness (QED) is 0.369. The zero-order valence-corrected chi connectivity index (χ0v) is 16.3. The van der Waals surface area contributed by atoms with Gasteiger partial charge in [-0.3, -0.25) is 9.59 Å². The number of pyridine rings is 1. The van der Waals surface area contributed by atoms with E-state index in [4.69, 9.17) is 26.2 Å². The van der Waals surface area contributed by atoms with Gasteiger partial charge in [-0.2, -0.15) is 0 Å². The molecule has 0 aliphatic carbocycles. The third-order valence-corrected chi connectivity index (χ3v) is 4.71. The number of carbonyl (C=O) groups is 2. The van der Waals surface area contributed by atoms with Crippen molar-refractivity contribution in [3.05, 3.63) is 65.1 Å². The van der Waals surface area contributed by atoms with Crippen molar-refractivity contribution in [3.8, 4) is 0 Å². The molecule has 0 spiro atoms. The molecule has 3 aromatic rings. The number of aliphatic imine (C=N–C) groups is 1. The number of benzene rings is 1. The van der Waals surface area contributed by atoms with Gasteiger partial charge in [0.2, 0.25) is 11.7 Å². The summed E-state index contributed by atoms with van der Waals surface area (Å²) in [5.41, 5.74) is 1.67. The number of aliphatic hydroxyl groups is 1. The van der Waals surface area contributed by atoms with Gasteiger partial charge >= 0.3 is 5.97 Å². The number of ether oxygens (including phenoxy) is 2. The van der Waals surface area contributed by atoms with E-state index < -0.39 is 17.7 Å². The Morgan fingerprint density at radius 1 is 1.33 bits per heavy atom. The highest BCUT2D eigenvalue weighted by atomic mass is 35.5. The highest BCUT2D eigenvalue weighted by molar-refractivity contribution is 6.33. The minimum absolute atomic E-state index is 0.0588. The third-order valence-electron chi connectivity index (χ3n) is 4.39. The Hall–Kier alpha value is -3.49. The van der Waals surface area contributed by atoms with Crippen LogP contribution in [0.2, 0.25) is 5.02 Å². The Morgan fingerprint density at radius 3 is 2.97 bits per heavy atom. The van der Waals surface area contributed by atoms with E-state index in [9.17, 15) is 9.59 Å². The molecule has 4 rings (SSSR count). The van der Waals surface area contributed by atoms with Gasteiger partial charge in [0.25, 0.3) is 0 Å². The van der Waals surface area contributed by atoms with E-state index in [1.807, 2.05) is 6.07 Å². The second-order valence-corrected chi connectivity index (χ2v) is 6.75. The topological polar surface area (TPSA) is 114 Å². The van der Waals surface area contributed by atoms with E-state index >= 15 is 0 Å². The molecule has 0 bridgehead atoms. The molecule has 1 aliphatic rings. The van der Waals surface area contributed by atoms with Crippen molar-refractivity contribution < 1.29 is 24.2 Å². The van der Waals surface area contributed by atoms with Crippen LogP contribution in [0.5, 0.6) is 0 Å². The molecule has 8 nitrogen and oxygen atoms in total. The summed E-state index contributed by atoms with van der Waals surface area (Å²) in [6.45, 7) is -0.606. The fourth-order valence-electron chi connectivity index (χ4n) is 3.00. The van der Waals surface area contributed by atoms with Crippen LogP contribution in [0, 0.1) is 5.92 Å². The van der Waals surface area contributed by atoms with E-state index in [1.165, 1.54) is 6.08 Å². The molecule has 2 N–H and O–H groups in total. The van der Waals surface area contributed by atoms with Gasteiger partial charge in [-0.25, -0.2) is 9.98 Å². The molecule has 1 aromatic carbocycles. The van der Waals surface area contributed by atoms with Gasteiger partial charge in [0, 0.05) is 23.3 Å². The van der Waals surface area contributed by atoms with E-state index in [-0.39, 0.29) is 24.9 Å². The van der Waals surface area contributed by atoms with Crippen LogP contribution in [0.15, 0.2) is 59.5 Å². The van der Waals surface area contributed by atoms with Crippen LogP contribution >= 0.6 is 11.6 Å². The molecule has 1 unspecified atom stereocenters. The molecule has 9 heteroatoms. The van der Waals surface area contributed by atoms with Crippen LogP contribution in [-0.2, 0) is 19.1 Å². The second kappa shape index (κ2) is 8.48. The average Bonchev–Trinajstić information content (AvgIpc) is 3.29. The molecular weight excluding hydrogens is 410 g/mol. The zero-order valence-electron chi connectivity index (χ0n) is 15.5. The minimum Gasteiger partial charge on any atom is -0.462 e. The minimum atomic E-state index is -1.39. The highest BCUT2D eigenvalue weighted by Gasteiger charge is 2.45. The monoisotopic (exact) mass is 425 g/mol. The first-order valence-corrected chi connectivity index (χ1v) is 9.42. The van der Waals surface area contributed by atoms with Gasteiger partial charge < -0.3 is 19.6 Å². The number of nitrogens with zero attached hydrogens (tertiary/aromatic N) is 2. The number of hydrogen-bond donors (Lipinski definition) is 2. The summed E-state index contributed by atoms with van der Waals surface area (Å²) in [7, 11) is 0. The number of aromatic amines is 1. The van der Waals surface area contributed by atoms with Crippen molar-refractivity contribution in [2.75, 3.05) is 13.2 Å². The Kier molecular flexibility index (Phi) is 5.60. The number of para-hydroxylation sites is 1. The van der Waals surface area contributed by atoms with Crippen LogP contribution in [0.1, 0.15) is 5.56 Å². The molecule has 0 radical (unpaired) electrons. The van der Waals surface area contributed by atoms with Gasteiger partial charge in [-0.05, 0) is 30.3 Å². The fraction of sp³-hybridized carbons (Fsp3) is 0.143. The number of esters is 1. The van der Waals surface area contributed by atoms with Crippen molar-refractivity contribution in [1.29, 1.82) is 0 Å². The predicted octanol–water partition coefficient (Wildman–Crippen LogP) is 3.04. The molecule has 30 heavy (non-hydrogen) atoms. The largest absolute Gasteiger partial charge is 0.462 e. The molecule has 1 atom stereocenters. The molecule has 0 saturated carbocycles. The number of hydrogen-bond acceptors (Lipinski definition) is 7. The Bertz CT molecular complexity index is 1180. The molecule has 2 aromatic heterocycles. The SMILES string of the molecule is O=C(OCCO)C1C(=O)/C(=C/c2c[nH]c3ncccc23)OC1=Nc1ccccc1Cl. The summed E-state index contributed by atoms with van der Waals surface area (Å²) in [5, 5.41) is 10.0. The summed E-state index contributed by atoms with van der Waals surface area (Å²) in [5.74, 6) is -3.04. The van der Waals surface area contributed by atoms with E-state index in [0.717, 1.165) is 5.39 Å². The summed E-state index contributed by atoms with van der Waals surface area (Å²) in [6.07, 6.45) is 4.85. The van der Waals surface area contributed by atoms with Crippen molar-refractivity contribution >= 4 is 52.0 Å². The molecular formula is C21H16ClN3O5. The number of carbonyl (C=O) groups excluding carboxylic acids is 2. The Morgan fingerprint density at radius 2 is 2.17 bits per heavy atom. The maximum atomic E-state index is 13.0. The second-order valence-electron chi connectivity index (χ2n) is 6.34. The molecule has 1 fully saturated rings. The first-order valence-electron chi connectivity index (χ1n) is 9.05. The lowest BCUT2D eigenvalue weighted by molar-refractivity contribution is -0.148. The van der Waals surface area contributed by atoms with E-state index in [2.05, 4.69) is 15.0 Å². The van der Waals surface area contributed by atoms with Crippen LogP contribution < -0.4 is 0 Å². The number of ketones is 1. The normalized spacial score (nSPS) is 18.9. The zero-order chi connectivity index (χ0) is 21.1. The van der Waals surface area contributed by atoms with E-state index in [0.29, 0.717) is 21.9 Å². The van der Waals surface area contributed by atoms with Crippen LogP contribution in [0.25, 0.3) is 17.1 Å². The van der Waals surface area contributed by atoms with Gasteiger partial charge in [-0.15, -0.1) is 0 Å². The summed E-state index contributed by atoms with van der Waals surface area (Å²) < 4.78 is 10.6. The number of fused-ring (bicyclic) bond motifs is 1. The number of nitrogens with one attached hydrogen (secondary N) is 1. The number of Topliss-reactive ketones (excluding diaryl/α,β-unsaturated/α-hetero) is 1. The number of aromatic nitrogens is 2. The fourth-order valence-corrected chi connectivity index (χ4v) is 3.18. The summed E-state index contributed by atoms with van der Waals surface area (Å²) in [6, 6.07) is 10.3. The Labute approximate surface area is 175 Å². The maximum absolute atomic E-state index is 13.0. The number of aliphatic hydroxyl groups excluding tert-OH is 1. The van der Waals surface area contributed by atoms with Crippen molar-refractivity contribution in [2.24, 2.45) is 10.9 Å². The molecule has 152 valence electrons. The Balaban J connectivity index is 1.74. The van der Waals surface area contributed by atoms with Crippen molar-refractivity contribution in [2.45, 2.75) is 0 Å². The van der Waals surface area contributed by atoms with Gasteiger partial charge in [-0.1, -0.05) is 23.7 Å². The molecule has 1 saturated heterocycles. The van der Waals surface area contributed by atoms with Crippen LogP contribution in [0.3, 0.4) is 0 Å². The lowest BCUT2D eigenvalue weighted by Gasteiger charge is -2.07. The number of allylic oxidation sites excluding steroid dienone is 1. The summed E-state index contributed by atoms with van der Waals surface area (Å²) in [4.78, 5) is 36.9. The van der Waals surface area contributed by atoms with Crippen molar-refractivity contribution in [1.82, 2.24) is 9.97 Å². The maximum Gasteiger partial charge on any atom is 0.326 e. The summed E-state index contributed by atoms with van der Waals surface area (Å²) >= 11 is 6.14. The first-order chi connectivity index (χ1) is 14.6. The van der Waals surface area contributed by atoms with Crippen LogP contribution in [0.4, 0.5) is 5.69 Å². The predicted molar refractivity (Wildman–Crippen MR) is 110 cm³/mol. The van der Waals surface area contributed by atoms with Crippen molar-refractivity contribution in [3.63, 3.8) is 0 Å². The molecule has 3 heterocycles. The molecule has 1 aliphatic heterocycles. The number of halogens is 1. The number of rotatable bonds is 5. The van der Waals surface area contributed by atoms with Gasteiger partial charge in [0.15, 0.2) is 11.7 Å². The third kappa shape index (κ3) is 3.83. The lowest BCUT2D eigenvalue weighted by atomic mass is 10.0. The highest BCUT2D eigenvalue weighted by Crippen LogP contribution is 2.31. The lowest BCUT2D eigenvalue weighted by Crippen LogP contribution is -2.28. The molecule has 0 amide bonds. The standard InChI is InChI=1S/C21H16ClN3O5/c22-14-5-1-2-6-15(14)25-20-17(21(28)29-9-8-26)18(27)16(30-20)10-12-11-24-19-13(12)4-3-7-23-19/h1-7,10-11,17,26H,8-9H2,(H,23,24)/b16-10-,25-20?. The average molecular weight is 426 g/mol. The first kappa shape index (κ1) is 19.8. The number of H-pyrrole nitrogens is 1. The van der Waals surface area contributed by atoms with Crippen LogP contribution in [-0.4, -0.2) is 45.9 Å². The smallest absolute Gasteiger partial charge is 0.326 e. The van der Waals surface area contributed by atoms with E-state index in [1.54, 1.807) is 42.7 Å². The van der Waals surface area contributed by atoms with Gasteiger partial charge in [0.05, 0.1) is 17.3 Å². The van der Waals surface area contributed by atoms with Gasteiger partial charge in [0.1, 0.15) is 12.3 Å².